The average Bonchev–Trinajstić information content (AvgIpc) is 2.96. The highest BCUT2D eigenvalue weighted by molar-refractivity contribution is 7.89. The summed E-state index contributed by atoms with van der Waals surface area (Å²) in [5.74, 6) is -0.747. The molecule has 9 heteroatoms. The van der Waals surface area contributed by atoms with Crippen molar-refractivity contribution in [2.24, 2.45) is 0 Å². The Kier molecular flexibility index (Phi) is 4.74. The van der Waals surface area contributed by atoms with Crippen molar-refractivity contribution >= 4 is 38.6 Å². The fourth-order valence-electron chi connectivity index (χ4n) is 2.73. The predicted molar refractivity (Wildman–Crippen MR) is 97.9 cm³/mol. The smallest absolute Gasteiger partial charge is 0.337 e. The highest BCUT2D eigenvalue weighted by Crippen LogP contribution is 2.28. The van der Waals surface area contributed by atoms with Crippen molar-refractivity contribution in [3.05, 3.63) is 58.4 Å². The summed E-state index contributed by atoms with van der Waals surface area (Å²) in [5.41, 5.74) is 1.44. The van der Waals surface area contributed by atoms with Crippen molar-refractivity contribution in [3.8, 4) is 0 Å². The molecular formula is C17H16ClN3O4S. The SMILES string of the molecule is Cc1cccc(Cl)c1S(=O)(=O)N(C)Cc1nc2cccc(C(=O)O)c2[nH]1. The zero-order valence-corrected chi connectivity index (χ0v) is 15.6. The van der Waals surface area contributed by atoms with Crippen LogP contribution in [0.5, 0.6) is 0 Å². The number of hydrogen-bond donors (Lipinski definition) is 2. The van der Waals surface area contributed by atoms with Crippen LogP contribution in [0, 0.1) is 6.92 Å². The molecule has 7 nitrogen and oxygen atoms in total. The highest BCUT2D eigenvalue weighted by atomic mass is 35.5. The van der Waals surface area contributed by atoms with Crippen LogP contribution >= 0.6 is 11.6 Å². The van der Waals surface area contributed by atoms with Crippen LogP contribution in [0.2, 0.25) is 5.02 Å². The van der Waals surface area contributed by atoms with Crippen molar-refractivity contribution in [3.63, 3.8) is 0 Å². The van der Waals surface area contributed by atoms with Gasteiger partial charge in [-0.25, -0.2) is 18.2 Å². The molecule has 0 aliphatic rings. The maximum absolute atomic E-state index is 12.9. The number of para-hydroxylation sites is 1. The number of carboxylic acids is 1. The molecule has 1 aromatic heterocycles. The summed E-state index contributed by atoms with van der Waals surface area (Å²) in [6, 6.07) is 9.59. The zero-order chi connectivity index (χ0) is 19.1. The lowest BCUT2D eigenvalue weighted by atomic mass is 10.2. The van der Waals surface area contributed by atoms with E-state index in [1.54, 1.807) is 31.2 Å². The van der Waals surface area contributed by atoms with Gasteiger partial charge in [-0.15, -0.1) is 0 Å². The summed E-state index contributed by atoms with van der Waals surface area (Å²) in [6.07, 6.45) is 0. The molecule has 0 fully saturated rings. The molecule has 26 heavy (non-hydrogen) atoms. The molecule has 0 aliphatic heterocycles. The molecule has 3 aromatic rings. The number of rotatable bonds is 5. The number of aryl methyl sites for hydroxylation is 1. The molecule has 0 saturated heterocycles. The van der Waals surface area contributed by atoms with Gasteiger partial charge in [0.2, 0.25) is 10.0 Å². The Balaban J connectivity index is 1.97. The number of carboxylic acid groups (broad SMARTS) is 1. The fourth-order valence-corrected chi connectivity index (χ4v) is 4.64. The maximum Gasteiger partial charge on any atom is 0.337 e. The van der Waals surface area contributed by atoms with Crippen LogP contribution in [-0.2, 0) is 16.6 Å². The summed E-state index contributed by atoms with van der Waals surface area (Å²) in [6.45, 7) is 1.62. The van der Waals surface area contributed by atoms with E-state index in [4.69, 9.17) is 11.6 Å². The molecule has 1 heterocycles. The van der Waals surface area contributed by atoms with Gasteiger partial charge in [-0.3, -0.25) is 0 Å². The molecule has 0 unspecified atom stereocenters. The monoisotopic (exact) mass is 393 g/mol. The number of hydrogen-bond acceptors (Lipinski definition) is 4. The van der Waals surface area contributed by atoms with Crippen LogP contribution in [0.1, 0.15) is 21.7 Å². The van der Waals surface area contributed by atoms with Gasteiger partial charge in [-0.2, -0.15) is 4.31 Å². The van der Waals surface area contributed by atoms with E-state index in [1.807, 2.05) is 0 Å². The third-order valence-corrected chi connectivity index (χ3v) is 6.44. The molecule has 0 saturated carbocycles. The van der Waals surface area contributed by atoms with E-state index in [0.29, 0.717) is 22.4 Å². The van der Waals surface area contributed by atoms with Crippen LogP contribution in [0.3, 0.4) is 0 Å². The zero-order valence-electron chi connectivity index (χ0n) is 14.0. The Morgan fingerprint density at radius 1 is 1.27 bits per heavy atom. The fraction of sp³-hybridized carbons (Fsp3) is 0.176. The van der Waals surface area contributed by atoms with Crippen LogP contribution < -0.4 is 0 Å². The number of fused-ring (bicyclic) bond motifs is 1. The van der Waals surface area contributed by atoms with Crippen LogP contribution in [0.4, 0.5) is 0 Å². The van der Waals surface area contributed by atoms with E-state index in [9.17, 15) is 18.3 Å². The van der Waals surface area contributed by atoms with Gasteiger partial charge >= 0.3 is 5.97 Å². The lowest BCUT2D eigenvalue weighted by Crippen LogP contribution is -2.27. The standard InChI is InChI=1S/C17H16ClN3O4S/c1-10-5-3-7-12(18)16(10)26(24,25)21(2)9-14-19-13-8-4-6-11(17(22)23)15(13)20-14/h3-8H,9H2,1-2H3,(H,19,20)(H,22,23). The Labute approximate surface area is 155 Å². The number of aromatic carboxylic acids is 1. The molecule has 0 atom stereocenters. The molecule has 136 valence electrons. The van der Waals surface area contributed by atoms with Crippen molar-refractivity contribution in [1.82, 2.24) is 14.3 Å². The van der Waals surface area contributed by atoms with Gasteiger partial charge < -0.3 is 10.1 Å². The molecule has 0 amide bonds. The lowest BCUT2D eigenvalue weighted by Gasteiger charge is -2.18. The van der Waals surface area contributed by atoms with E-state index in [2.05, 4.69) is 9.97 Å². The number of benzene rings is 2. The minimum atomic E-state index is -3.84. The number of H-pyrrole nitrogens is 1. The van der Waals surface area contributed by atoms with Gasteiger partial charge in [0.15, 0.2) is 0 Å². The van der Waals surface area contributed by atoms with Crippen molar-refractivity contribution in [2.75, 3.05) is 7.05 Å². The topological polar surface area (TPSA) is 103 Å². The first kappa shape index (κ1) is 18.4. The number of carbonyl (C=O) groups is 1. The molecule has 3 rings (SSSR count). The lowest BCUT2D eigenvalue weighted by molar-refractivity contribution is 0.0699. The second kappa shape index (κ2) is 6.71. The Bertz CT molecular complexity index is 1090. The minimum absolute atomic E-state index is 0.0477. The second-order valence-corrected chi connectivity index (χ2v) is 8.22. The summed E-state index contributed by atoms with van der Waals surface area (Å²) in [4.78, 5) is 18.5. The quantitative estimate of drug-likeness (QED) is 0.693. The first-order valence-corrected chi connectivity index (χ1v) is 9.46. The van der Waals surface area contributed by atoms with Crippen molar-refractivity contribution in [1.29, 1.82) is 0 Å². The Morgan fingerprint density at radius 2 is 1.96 bits per heavy atom. The van der Waals surface area contributed by atoms with Gasteiger partial charge in [0.1, 0.15) is 10.7 Å². The molecular weight excluding hydrogens is 378 g/mol. The molecule has 0 bridgehead atoms. The van der Waals surface area contributed by atoms with E-state index >= 15 is 0 Å². The normalized spacial score (nSPS) is 12.0. The average molecular weight is 394 g/mol. The van der Waals surface area contributed by atoms with E-state index in [-0.39, 0.29) is 22.0 Å². The third-order valence-electron chi connectivity index (χ3n) is 4.00. The summed E-state index contributed by atoms with van der Waals surface area (Å²) in [7, 11) is -2.42. The predicted octanol–water partition coefficient (Wildman–Crippen LogP) is 3.04. The number of aromatic nitrogens is 2. The first-order chi connectivity index (χ1) is 12.2. The van der Waals surface area contributed by atoms with E-state index in [1.165, 1.54) is 19.2 Å². The van der Waals surface area contributed by atoms with Crippen LogP contribution in [0.15, 0.2) is 41.3 Å². The van der Waals surface area contributed by atoms with Gasteiger partial charge in [0.05, 0.1) is 28.2 Å². The van der Waals surface area contributed by atoms with E-state index < -0.39 is 16.0 Å². The molecule has 2 N–H and O–H groups in total. The number of imidazole rings is 1. The van der Waals surface area contributed by atoms with Crippen molar-refractivity contribution < 1.29 is 18.3 Å². The van der Waals surface area contributed by atoms with Gasteiger partial charge in [0.25, 0.3) is 0 Å². The minimum Gasteiger partial charge on any atom is -0.478 e. The summed E-state index contributed by atoms with van der Waals surface area (Å²) >= 11 is 6.09. The molecule has 2 aromatic carbocycles. The van der Waals surface area contributed by atoms with Gasteiger partial charge in [-0.1, -0.05) is 29.8 Å². The summed E-state index contributed by atoms with van der Waals surface area (Å²) < 4.78 is 26.9. The van der Waals surface area contributed by atoms with Crippen LogP contribution in [-0.4, -0.2) is 40.8 Å². The molecule has 0 aliphatic carbocycles. The number of halogens is 1. The number of aromatic amines is 1. The van der Waals surface area contributed by atoms with Gasteiger partial charge in [-0.05, 0) is 30.7 Å². The van der Waals surface area contributed by atoms with Crippen molar-refractivity contribution in [2.45, 2.75) is 18.4 Å². The second-order valence-electron chi connectivity index (χ2n) is 5.84. The summed E-state index contributed by atoms with van der Waals surface area (Å²) in [5, 5.41) is 9.39. The van der Waals surface area contributed by atoms with E-state index in [0.717, 1.165) is 4.31 Å². The number of nitrogens with one attached hydrogen (secondary N) is 1. The maximum atomic E-state index is 12.9. The van der Waals surface area contributed by atoms with Crippen LogP contribution in [0.25, 0.3) is 11.0 Å². The molecule has 0 radical (unpaired) electrons. The Morgan fingerprint density at radius 3 is 2.62 bits per heavy atom. The number of nitrogens with zero attached hydrogens (tertiary/aromatic N) is 2. The van der Waals surface area contributed by atoms with Gasteiger partial charge in [0, 0.05) is 7.05 Å². The third kappa shape index (κ3) is 3.18. The highest BCUT2D eigenvalue weighted by Gasteiger charge is 2.26. The first-order valence-electron chi connectivity index (χ1n) is 7.64. The molecule has 0 spiro atoms. The number of sulfonamides is 1. The Hall–Kier alpha value is -2.42. The largest absolute Gasteiger partial charge is 0.478 e.